The van der Waals surface area contributed by atoms with Crippen molar-refractivity contribution in [1.29, 1.82) is 0 Å². The molecular formula is C24H21N3O4S2. The summed E-state index contributed by atoms with van der Waals surface area (Å²) in [5.74, 6) is -0.371. The van der Waals surface area contributed by atoms with Gasteiger partial charge in [0.15, 0.2) is 0 Å². The van der Waals surface area contributed by atoms with Gasteiger partial charge < -0.3 is 9.88 Å². The topological polar surface area (TPSA) is 98.1 Å². The van der Waals surface area contributed by atoms with Crippen molar-refractivity contribution in [2.24, 2.45) is 0 Å². The molecule has 0 fully saturated rings. The molecule has 0 aliphatic carbocycles. The summed E-state index contributed by atoms with van der Waals surface area (Å²) in [7, 11) is -4.09. The number of aryl methyl sites for hydroxylation is 1. The van der Waals surface area contributed by atoms with E-state index in [0.717, 1.165) is 4.90 Å². The van der Waals surface area contributed by atoms with Crippen LogP contribution in [0.1, 0.15) is 5.69 Å². The molecule has 4 aromatic rings. The Bertz CT molecular complexity index is 1510. The number of hydrogen-bond donors (Lipinski definition) is 1. The molecular weight excluding hydrogens is 458 g/mol. The average molecular weight is 480 g/mol. The van der Waals surface area contributed by atoms with Crippen LogP contribution >= 0.6 is 11.8 Å². The summed E-state index contributed by atoms with van der Waals surface area (Å²) < 4.78 is 27.9. The van der Waals surface area contributed by atoms with Crippen molar-refractivity contribution in [2.75, 3.05) is 11.6 Å². The predicted molar refractivity (Wildman–Crippen MR) is 129 cm³/mol. The summed E-state index contributed by atoms with van der Waals surface area (Å²) in [5.41, 5.74) is 0.867. The lowest BCUT2D eigenvalue weighted by Crippen LogP contribution is -2.24. The molecule has 0 saturated heterocycles. The Morgan fingerprint density at radius 1 is 1.06 bits per heavy atom. The Morgan fingerprint density at radius 3 is 2.55 bits per heavy atom. The van der Waals surface area contributed by atoms with Crippen molar-refractivity contribution >= 4 is 44.2 Å². The number of amides is 1. The van der Waals surface area contributed by atoms with E-state index in [1.807, 2.05) is 24.5 Å². The molecule has 0 aliphatic heterocycles. The SMILES string of the molecule is CSc1cccc(NC(=O)Cn2cc(S(=O)(=O)c3ccccc3)c(=O)c3ccc(C)nc32)c1. The first-order chi connectivity index (χ1) is 15.8. The molecule has 0 atom stereocenters. The molecule has 2 aromatic heterocycles. The number of rotatable bonds is 6. The predicted octanol–water partition coefficient (Wildman–Crippen LogP) is 3.90. The maximum atomic E-state index is 13.2. The number of thioether (sulfide) groups is 1. The number of pyridine rings is 2. The van der Waals surface area contributed by atoms with Gasteiger partial charge in [0.05, 0.1) is 10.3 Å². The Balaban J connectivity index is 1.80. The molecule has 7 nitrogen and oxygen atoms in total. The smallest absolute Gasteiger partial charge is 0.244 e. The lowest BCUT2D eigenvalue weighted by molar-refractivity contribution is -0.116. The molecule has 1 amide bonds. The highest BCUT2D eigenvalue weighted by Gasteiger charge is 2.24. The Labute approximate surface area is 195 Å². The van der Waals surface area contributed by atoms with Crippen LogP contribution in [0.15, 0.2) is 92.4 Å². The minimum atomic E-state index is -4.09. The van der Waals surface area contributed by atoms with Gasteiger partial charge in [-0.05, 0) is 55.6 Å². The lowest BCUT2D eigenvalue weighted by atomic mass is 10.2. The van der Waals surface area contributed by atoms with E-state index in [1.54, 1.807) is 55.1 Å². The number of benzene rings is 2. The Kier molecular flexibility index (Phi) is 6.35. The monoisotopic (exact) mass is 479 g/mol. The molecule has 0 saturated carbocycles. The summed E-state index contributed by atoms with van der Waals surface area (Å²) in [4.78, 5) is 31.0. The highest BCUT2D eigenvalue weighted by atomic mass is 32.2. The molecule has 2 aromatic carbocycles. The van der Waals surface area contributed by atoms with Crippen LogP contribution in [0.2, 0.25) is 0 Å². The third kappa shape index (κ3) is 4.69. The number of anilines is 1. The number of fused-ring (bicyclic) bond motifs is 1. The van der Waals surface area contributed by atoms with E-state index in [9.17, 15) is 18.0 Å². The third-order valence-electron chi connectivity index (χ3n) is 5.04. The van der Waals surface area contributed by atoms with Crippen molar-refractivity contribution in [3.63, 3.8) is 0 Å². The molecule has 0 radical (unpaired) electrons. The molecule has 9 heteroatoms. The molecule has 0 bridgehead atoms. The fourth-order valence-electron chi connectivity index (χ4n) is 3.43. The van der Waals surface area contributed by atoms with Gasteiger partial charge >= 0.3 is 0 Å². The standard InChI is InChI=1S/C24H21N3O4S2/c1-16-11-12-20-23(29)21(33(30,31)19-9-4-3-5-10-19)14-27(24(20)25-16)15-22(28)26-17-7-6-8-18(13-17)32-2/h3-14H,15H2,1-2H3,(H,26,28). The van der Waals surface area contributed by atoms with Crippen LogP contribution in [0.4, 0.5) is 5.69 Å². The zero-order valence-corrected chi connectivity index (χ0v) is 19.6. The number of carbonyl (C=O) groups is 1. The van der Waals surface area contributed by atoms with E-state index < -0.39 is 20.2 Å². The van der Waals surface area contributed by atoms with Gasteiger partial charge in [-0.3, -0.25) is 9.59 Å². The molecule has 168 valence electrons. The summed E-state index contributed by atoms with van der Waals surface area (Å²) >= 11 is 1.55. The van der Waals surface area contributed by atoms with Crippen LogP contribution in [-0.2, 0) is 21.2 Å². The van der Waals surface area contributed by atoms with Crippen LogP contribution in [-0.4, -0.2) is 30.1 Å². The van der Waals surface area contributed by atoms with E-state index >= 15 is 0 Å². The van der Waals surface area contributed by atoms with E-state index in [1.165, 1.54) is 22.9 Å². The first kappa shape index (κ1) is 22.8. The number of hydrogen-bond acceptors (Lipinski definition) is 6. The number of nitrogens with zero attached hydrogens (tertiary/aromatic N) is 2. The van der Waals surface area contributed by atoms with Gasteiger partial charge in [0.25, 0.3) is 0 Å². The molecule has 2 heterocycles. The van der Waals surface area contributed by atoms with E-state index in [2.05, 4.69) is 10.3 Å². The minimum Gasteiger partial charge on any atom is -0.324 e. The van der Waals surface area contributed by atoms with Crippen molar-refractivity contribution in [3.05, 3.63) is 88.8 Å². The normalized spacial score (nSPS) is 11.5. The first-order valence-corrected chi connectivity index (χ1v) is 12.8. The van der Waals surface area contributed by atoms with Crippen LogP contribution in [0.25, 0.3) is 11.0 Å². The second-order valence-corrected chi connectivity index (χ2v) is 10.2. The third-order valence-corrected chi connectivity index (χ3v) is 7.53. The van der Waals surface area contributed by atoms with Crippen LogP contribution in [0, 0.1) is 6.92 Å². The molecule has 33 heavy (non-hydrogen) atoms. The Hall–Kier alpha value is -3.43. The minimum absolute atomic E-state index is 0.00593. The van der Waals surface area contributed by atoms with Crippen molar-refractivity contribution in [2.45, 2.75) is 28.2 Å². The average Bonchev–Trinajstić information content (AvgIpc) is 2.81. The molecule has 0 spiro atoms. The zero-order chi connectivity index (χ0) is 23.6. The lowest BCUT2D eigenvalue weighted by Gasteiger charge is -2.14. The van der Waals surface area contributed by atoms with Gasteiger partial charge in [-0.1, -0.05) is 24.3 Å². The number of aromatic nitrogens is 2. The highest BCUT2D eigenvalue weighted by molar-refractivity contribution is 7.98. The maximum Gasteiger partial charge on any atom is 0.244 e. The van der Waals surface area contributed by atoms with E-state index in [0.29, 0.717) is 11.4 Å². The largest absolute Gasteiger partial charge is 0.324 e. The van der Waals surface area contributed by atoms with Crippen molar-refractivity contribution in [1.82, 2.24) is 9.55 Å². The fraction of sp³-hybridized carbons (Fsp3) is 0.125. The molecule has 1 N–H and O–H groups in total. The summed E-state index contributed by atoms with van der Waals surface area (Å²) in [6, 6.07) is 18.3. The second kappa shape index (κ2) is 9.21. The quantitative estimate of drug-likeness (QED) is 0.421. The van der Waals surface area contributed by atoms with Gasteiger partial charge in [0, 0.05) is 22.5 Å². The van der Waals surface area contributed by atoms with Gasteiger partial charge in [0.1, 0.15) is 17.1 Å². The summed E-state index contributed by atoms with van der Waals surface area (Å²) in [5, 5.41) is 2.95. The highest BCUT2D eigenvalue weighted by Crippen LogP contribution is 2.22. The summed E-state index contributed by atoms with van der Waals surface area (Å²) in [6.07, 6.45) is 3.15. The maximum absolute atomic E-state index is 13.2. The first-order valence-electron chi connectivity index (χ1n) is 10.0. The van der Waals surface area contributed by atoms with Gasteiger partial charge in [-0.15, -0.1) is 11.8 Å². The Morgan fingerprint density at radius 2 is 1.82 bits per heavy atom. The number of nitrogens with one attached hydrogen (secondary N) is 1. The molecule has 0 unspecified atom stereocenters. The van der Waals surface area contributed by atoms with Gasteiger partial charge in [0.2, 0.25) is 21.2 Å². The zero-order valence-electron chi connectivity index (χ0n) is 18.0. The van der Waals surface area contributed by atoms with Crippen LogP contribution in [0.5, 0.6) is 0 Å². The van der Waals surface area contributed by atoms with E-state index in [4.69, 9.17) is 0 Å². The van der Waals surface area contributed by atoms with Gasteiger partial charge in [-0.2, -0.15) is 0 Å². The van der Waals surface area contributed by atoms with Crippen LogP contribution in [0.3, 0.4) is 0 Å². The summed E-state index contributed by atoms with van der Waals surface area (Å²) in [6.45, 7) is 1.55. The number of sulfone groups is 1. The molecule has 4 rings (SSSR count). The van der Waals surface area contributed by atoms with Crippen molar-refractivity contribution < 1.29 is 13.2 Å². The van der Waals surface area contributed by atoms with Gasteiger partial charge in [-0.25, -0.2) is 13.4 Å². The van der Waals surface area contributed by atoms with E-state index in [-0.39, 0.29) is 28.4 Å². The fourth-order valence-corrected chi connectivity index (χ4v) is 5.28. The number of carbonyl (C=O) groups excluding carboxylic acids is 1. The van der Waals surface area contributed by atoms with Crippen molar-refractivity contribution in [3.8, 4) is 0 Å². The van der Waals surface area contributed by atoms with Crippen LogP contribution < -0.4 is 10.7 Å². The second-order valence-electron chi connectivity index (χ2n) is 7.37. The molecule has 0 aliphatic rings.